The molecule has 3 aromatic rings. The summed E-state index contributed by atoms with van der Waals surface area (Å²) in [5, 5.41) is 0. The maximum atomic E-state index is 12.1. The van der Waals surface area contributed by atoms with Gasteiger partial charge in [0.1, 0.15) is 0 Å². The predicted molar refractivity (Wildman–Crippen MR) is 96.2 cm³/mol. The van der Waals surface area contributed by atoms with Crippen molar-refractivity contribution in [1.29, 1.82) is 0 Å². The van der Waals surface area contributed by atoms with E-state index < -0.39 is 11.7 Å². The first-order valence-corrected chi connectivity index (χ1v) is 8.44. The van der Waals surface area contributed by atoms with Crippen LogP contribution in [-0.2, 0) is 22.5 Å². The quantitative estimate of drug-likeness (QED) is 0.482. The molecule has 3 rings (SSSR count). The number of ether oxygens (including phenoxy) is 1. The van der Waals surface area contributed by atoms with Gasteiger partial charge in [-0.3, -0.25) is 14.2 Å². The summed E-state index contributed by atoms with van der Waals surface area (Å²) in [4.78, 5) is 35.8. The average molecular weight is 353 g/mol. The molecule has 2 aromatic carbocycles. The first kappa shape index (κ1) is 17.7. The normalized spacial score (nSPS) is 10.8. The second kappa shape index (κ2) is 7.82. The van der Waals surface area contributed by atoms with E-state index in [0.29, 0.717) is 16.7 Å². The maximum Gasteiger partial charge on any atom is 0.419 e. The second-order valence-corrected chi connectivity index (χ2v) is 5.87. The third-order valence-electron chi connectivity index (χ3n) is 4.16. The number of aromatic nitrogens is 1. The predicted octanol–water partition coefficient (Wildman–Crippen LogP) is 2.97. The Hall–Kier alpha value is -3.15. The van der Waals surface area contributed by atoms with Crippen LogP contribution >= 0.6 is 0 Å². The molecule has 0 N–H and O–H groups in total. The fourth-order valence-corrected chi connectivity index (χ4v) is 2.66. The average Bonchev–Trinajstić information content (AvgIpc) is 2.99. The molecule has 1 heterocycles. The van der Waals surface area contributed by atoms with Crippen LogP contribution in [0.25, 0.3) is 11.1 Å². The monoisotopic (exact) mass is 353 g/mol. The van der Waals surface area contributed by atoms with E-state index in [1.54, 1.807) is 36.4 Å². The van der Waals surface area contributed by atoms with E-state index in [1.807, 2.05) is 19.1 Å². The lowest BCUT2D eigenvalue weighted by atomic mass is 10.1. The van der Waals surface area contributed by atoms with Gasteiger partial charge < -0.3 is 9.15 Å². The molecule has 0 unspecified atom stereocenters. The molecule has 0 radical (unpaired) electrons. The van der Waals surface area contributed by atoms with Crippen molar-refractivity contribution in [2.24, 2.45) is 0 Å². The van der Waals surface area contributed by atoms with Crippen LogP contribution in [0.5, 0.6) is 0 Å². The molecular formula is C20H19NO5. The molecular weight excluding hydrogens is 334 g/mol. The van der Waals surface area contributed by atoms with Gasteiger partial charge in [0.2, 0.25) is 0 Å². The van der Waals surface area contributed by atoms with E-state index in [0.717, 1.165) is 12.0 Å². The largest absolute Gasteiger partial charge is 0.457 e. The minimum Gasteiger partial charge on any atom is -0.457 e. The van der Waals surface area contributed by atoms with Gasteiger partial charge in [0.25, 0.3) is 0 Å². The van der Waals surface area contributed by atoms with Gasteiger partial charge in [-0.05, 0) is 24.1 Å². The van der Waals surface area contributed by atoms with Crippen molar-refractivity contribution in [3.8, 4) is 0 Å². The fourth-order valence-electron chi connectivity index (χ4n) is 2.66. The zero-order valence-corrected chi connectivity index (χ0v) is 14.4. The van der Waals surface area contributed by atoms with E-state index in [9.17, 15) is 14.4 Å². The molecule has 0 aliphatic rings. The minimum absolute atomic E-state index is 0.0223. The SMILES string of the molecule is CCc1ccc(C(=O)COC(=O)CCn2c(=O)oc3ccccc32)cc1. The first-order chi connectivity index (χ1) is 12.6. The first-order valence-electron chi connectivity index (χ1n) is 8.44. The summed E-state index contributed by atoms with van der Waals surface area (Å²) in [5.74, 6) is -1.32. The number of para-hydroxylation sites is 2. The third-order valence-corrected chi connectivity index (χ3v) is 4.16. The topological polar surface area (TPSA) is 78.5 Å². The standard InChI is InChI=1S/C20H19NO5/c1-2-14-7-9-15(10-8-14)17(22)13-25-19(23)11-12-21-16-5-3-4-6-18(16)26-20(21)24/h3-10H,2,11-13H2,1H3. The molecule has 26 heavy (non-hydrogen) atoms. The molecule has 1 aromatic heterocycles. The number of nitrogens with zero attached hydrogens (tertiary/aromatic N) is 1. The highest BCUT2D eigenvalue weighted by molar-refractivity contribution is 5.97. The summed E-state index contributed by atoms with van der Waals surface area (Å²) in [5.41, 5.74) is 2.73. The molecule has 0 aliphatic heterocycles. The Kier molecular flexibility index (Phi) is 5.31. The van der Waals surface area contributed by atoms with Gasteiger partial charge >= 0.3 is 11.7 Å². The molecule has 0 spiro atoms. The van der Waals surface area contributed by atoms with Crippen LogP contribution in [0.3, 0.4) is 0 Å². The molecule has 0 aliphatic carbocycles. The molecule has 0 fully saturated rings. The van der Waals surface area contributed by atoms with E-state index >= 15 is 0 Å². The molecule has 0 bridgehead atoms. The van der Waals surface area contributed by atoms with Crippen molar-refractivity contribution in [2.45, 2.75) is 26.3 Å². The zero-order valence-electron chi connectivity index (χ0n) is 14.4. The van der Waals surface area contributed by atoms with Crippen LogP contribution in [-0.4, -0.2) is 22.9 Å². The molecule has 0 saturated carbocycles. The summed E-state index contributed by atoms with van der Waals surface area (Å²) < 4.78 is 11.5. The Labute approximate surface area is 150 Å². The van der Waals surface area contributed by atoms with Crippen LogP contribution in [0.15, 0.2) is 57.7 Å². The van der Waals surface area contributed by atoms with Gasteiger partial charge in [-0.25, -0.2) is 4.79 Å². The number of Topliss-reactive ketones (excluding diaryl/α,β-unsaturated/α-hetero) is 1. The number of carbonyl (C=O) groups excluding carboxylic acids is 2. The number of fused-ring (bicyclic) bond motifs is 1. The summed E-state index contributed by atoms with van der Waals surface area (Å²) in [6.45, 7) is 1.85. The Morgan fingerprint density at radius 1 is 1.08 bits per heavy atom. The second-order valence-electron chi connectivity index (χ2n) is 5.87. The summed E-state index contributed by atoms with van der Waals surface area (Å²) in [6, 6.07) is 14.2. The van der Waals surface area contributed by atoms with Gasteiger partial charge in [-0.15, -0.1) is 0 Å². The number of carbonyl (C=O) groups is 2. The lowest BCUT2D eigenvalue weighted by Crippen LogP contribution is -2.19. The number of hydrogen-bond donors (Lipinski definition) is 0. The van der Waals surface area contributed by atoms with Crippen LogP contribution in [0, 0.1) is 0 Å². The number of benzene rings is 2. The van der Waals surface area contributed by atoms with Crippen molar-refractivity contribution in [3.05, 3.63) is 70.2 Å². The molecule has 0 saturated heterocycles. The van der Waals surface area contributed by atoms with Crippen molar-refractivity contribution in [1.82, 2.24) is 4.57 Å². The van der Waals surface area contributed by atoms with Crippen LogP contribution in [0.2, 0.25) is 0 Å². The smallest absolute Gasteiger partial charge is 0.419 e. The summed E-state index contributed by atoms with van der Waals surface area (Å²) in [6.07, 6.45) is 0.872. The molecule has 0 atom stereocenters. The summed E-state index contributed by atoms with van der Waals surface area (Å²) in [7, 11) is 0. The maximum absolute atomic E-state index is 12.1. The Bertz CT molecular complexity index is 981. The lowest BCUT2D eigenvalue weighted by Gasteiger charge is -2.06. The van der Waals surface area contributed by atoms with Gasteiger partial charge in [0.05, 0.1) is 11.9 Å². The minimum atomic E-state index is -0.541. The van der Waals surface area contributed by atoms with E-state index in [4.69, 9.17) is 9.15 Å². The highest BCUT2D eigenvalue weighted by Crippen LogP contribution is 2.12. The van der Waals surface area contributed by atoms with Crippen molar-refractivity contribution >= 4 is 22.9 Å². The third kappa shape index (κ3) is 3.91. The van der Waals surface area contributed by atoms with Gasteiger partial charge in [-0.1, -0.05) is 43.3 Å². The van der Waals surface area contributed by atoms with Crippen molar-refractivity contribution in [2.75, 3.05) is 6.61 Å². The number of ketones is 1. The summed E-state index contributed by atoms with van der Waals surface area (Å²) >= 11 is 0. The number of hydrogen-bond acceptors (Lipinski definition) is 5. The number of aryl methyl sites for hydroxylation is 2. The van der Waals surface area contributed by atoms with Gasteiger partial charge in [0.15, 0.2) is 18.0 Å². The van der Waals surface area contributed by atoms with E-state index in [1.165, 1.54) is 4.57 Å². The Morgan fingerprint density at radius 2 is 1.81 bits per heavy atom. The van der Waals surface area contributed by atoms with Crippen LogP contribution in [0.4, 0.5) is 0 Å². The molecule has 0 amide bonds. The van der Waals surface area contributed by atoms with E-state index in [2.05, 4.69) is 0 Å². The number of esters is 1. The fraction of sp³-hybridized carbons (Fsp3) is 0.250. The Morgan fingerprint density at radius 3 is 2.54 bits per heavy atom. The molecule has 6 nitrogen and oxygen atoms in total. The van der Waals surface area contributed by atoms with Crippen LogP contribution in [0.1, 0.15) is 29.3 Å². The highest BCUT2D eigenvalue weighted by atomic mass is 16.5. The lowest BCUT2D eigenvalue weighted by molar-refractivity contribution is -0.142. The Balaban J connectivity index is 1.54. The number of rotatable bonds is 7. The van der Waals surface area contributed by atoms with Gasteiger partial charge in [0, 0.05) is 12.1 Å². The molecule has 6 heteroatoms. The highest BCUT2D eigenvalue weighted by Gasteiger charge is 2.13. The van der Waals surface area contributed by atoms with Crippen molar-refractivity contribution in [3.63, 3.8) is 0 Å². The number of oxazole rings is 1. The van der Waals surface area contributed by atoms with Crippen LogP contribution < -0.4 is 5.76 Å². The molecule has 134 valence electrons. The van der Waals surface area contributed by atoms with Gasteiger partial charge in [-0.2, -0.15) is 0 Å². The van der Waals surface area contributed by atoms with Crippen molar-refractivity contribution < 1.29 is 18.7 Å². The van der Waals surface area contributed by atoms with E-state index in [-0.39, 0.29) is 25.4 Å². The zero-order chi connectivity index (χ0) is 18.5.